The minimum atomic E-state index is -1.34. The van der Waals surface area contributed by atoms with Gasteiger partial charge in [-0.3, -0.25) is 4.79 Å². The van der Waals surface area contributed by atoms with Crippen LogP contribution in [0.25, 0.3) is 10.2 Å². The van der Waals surface area contributed by atoms with E-state index in [0.29, 0.717) is 12.0 Å². The van der Waals surface area contributed by atoms with Crippen LogP contribution >= 0.6 is 11.3 Å². The molecule has 0 saturated heterocycles. The molecule has 2 N–H and O–H groups in total. The fraction of sp³-hybridized carbons (Fsp3) is 0.211. The summed E-state index contributed by atoms with van der Waals surface area (Å²) < 4.78 is 1.06. The highest BCUT2D eigenvalue weighted by Crippen LogP contribution is 2.22. The normalized spacial score (nSPS) is 12.0. The van der Waals surface area contributed by atoms with E-state index in [0.717, 1.165) is 15.2 Å². The fourth-order valence-corrected chi connectivity index (χ4v) is 3.54. The summed E-state index contributed by atoms with van der Waals surface area (Å²) in [5, 5.41) is 23.9. The van der Waals surface area contributed by atoms with Gasteiger partial charge in [-0.2, -0.15) is 0 Å². The quantitative estimate of drug-likeness (QED) is 0.656. The Kier molecular flexibility index (Phi) is 5.48. The summed E-state index contributed by atoms with van der Waals surface area (Å²) in [6, 6.07) is 12.8. The van der Waals surface area contributed by atoms with Crippen molar-refractivity contribution in [2.24, 2.45) is 0 Å². The van der Waals surface area contributed by atoms with Crippen LogP contribution in [0.5, 0.6) is 5.75 Å². The van der Waals surface area contributed by atoms with Crippen molar-refractivity contribution in [3.05, 3.63) is 59.1 Å². The molecule has 1 amide bonds. The predicted molar refractivity (Wildman–Crippen MR) is 96.7 cm³/mol. The van der Waals surface area contributed by atoms with Crippen LogP contribution in [0.15, 0.2) is 48.5 Å². The van der Waals surface area contributed by atoms with E-state index >= 15 is 0 Å². The summed E-state index contributed by atoms with van der Waals surface area (Å²) in [5.41, 5.74) is 1.58. The first-order valence-electron chi connectivity index (χ1n) is 8.14. The Morgan fingerprint density at radius 1 is 1.15 bits per heavy atom. The van der Waals surface area contributed by atoms with Gasteiger partial charge in [0.25, 0.3) is 0 Å². The third-order valence-electron chi connectivity index (χ3n) is 3.90. The number of carbonyl (C=O) groups excluding carboxylic acids is 2. The monoisotopic (exact) mass is 369 g/mol. The molecule has 6 nitrogen and oxygen atoms in total. The summed E-state index contributed by atoms with van der Waals surface area (Å²) in [5.74, 6) is -1.61. The summed E-state index contributed by atoms with van der Waals surface area (Å²) in [6.45, 7) is 0. The molecule has 0 fully saturated rings. The molecule has 1 aromatic heterocycles. The number of aryl methyl sites for hydroxylation is 1. The summed E-state index contributed by atoms with van der Waals surface area (Å²) in [6.07, 6.45) is 0.693. The molecule has 0 radical (unpaired) electrons. The second kappa shape index (κ2) is 7.97. The van der Waals surface area contributed by atoms with E-state index in [1.54, 1.807) is 12.1 Å². The van der Waals surface area contributed by atoms with Gasteiger partial charge in [0.2, 0.25) is 5.91 Å². The molecular weight excluding hydrogens is 352 g/mol. The first-order valence-corrected chi connectivity index (χ1v) is 8.95. The standard InChI is InChI=1S/C19H18N2O4S/c22-13-7-5-12(6-8-13)11-15(19(24)25)20-17(23)9-10-18-21-14-3-1-2-4-16(14)26-18/h1-8,15,22H,9-11H2,(H,20,23)(H,24,25)/p-1/t15-/m0/s1. The van der Waals surface area contributed by atoms with E-state index in [2.05, 4.69) is 10.3 Å². The lowest BCUT2D eigenvalue weighted by molar-refractivity contribution is -0.308. The molecule has 0 spiro atoms. The predicted octanol–water partition coefficient (Wildman–Crippen LogP) is 1.41. The fourth-order valence-electron chi connectivity index (χ4n) is 2.57. The molecule has 0 unspecified atom stereocenters. The van der Waals surface area contributed by atoms with Crippen molar-refractivity contribution in [3.63, 3.8) is 0 Å². The summed E-state index contributed by atoms with van der Waals surface area (Å²) >= 11 is 1.52. The molecule has 0 aliphatic carbocycles. The van der Waals surface area contributed by atoms with Crippen molar-refractivity contribution in [2.45, 2.75) is 25.3 Å². The van der Waals surface area contributed by atoms with E-state index in [1.807, 2.05) is 24.3 Å². The molecule has 26 heavy (non-hydrogen) atoms. The Balaban J connectivity index is 1.57. The molecule has 1 atom stereocenters. The lowest BCUT2D eigenvalue weighted by atomic mass is 10.1. The van der Waals surface area contributed by atoms with Gasteiger partial charge in [-0.05, 0) is 36.2 Å². The molecule has 0 aliphatic heterocycles. The van der Waals surface area contributed by atoms with Crippen molar-refractivity contribution in [1.82, 2.24) is 10.3 Å². The van der Waals surface area contributed by atoms with E-state index in [-0.39, 0.29) is 24.5 Å². The molecule has 134 valence electrons. The Morgan fingerprint density at radius 2 is 1.88 bits per heavy atom. The van der Waals surface area contributed by atoms with Crippen molar-refractivity contribution in [2.75, 3.05) is 0 Å². The topological polar surface area (TPSA) is 102 Å². The average Bonchev–Trinajstić information content (AvgIpc) is 3.04. The van der Waals surface area contributed by atoms with E-state index in [9.17, 15) is 19.8 Å². The number of hydrogen-bond donors (Lipinski definition) is 2. The molecule has 2 aromatic carbocycles. The number of benzene rings is 2. The maximum atomic E-state index is 12.1. The Bertz CT molecular complexity index is 888. The van der Waals surface area contributed by atoms with Gasteiger partial charge in [0.1, 0.15) is 5.75 Å². The van der Waals surface area contributed by atoms with Crippen molar-refractivity contribution in [3.8, 4) is 5.75 Å². The first kappa shape index (κ1) is 17.9. The molecule has 0 bridgehead atoms. The highest BCUT2D eigenvalue weighted by molar-refractivity contribution is 7.18. The first-order chi connectivity index (χ1) is 12.5. The Hall–Kier alpha value is -2.93. The number of thiazole rings is 1. The van der Waals surface area contributed by atoms with Crippen LogP contribution < -0.4 is 10.4 Å². The zero-order valence-corrected chi connectivity index (χ0v) is 14.7. The number of carbonyl (C=O) groups is 2. The number of aromatic hydroxyl groups is 1. The van der Waals surface area contributed by atoms with Gasteiger partial charge in [-0.25, -0.2) is 4.98 Å². The molecule has 1 heterocycles. The number of carboxylic acid groups (broad SMARTS) is 1. The smallest absolute Gasteiger partial charge is 0.220 e. The zero-order chi connectivity index (χ0) is 18.5. The summed E-state index contributed by atoms with van der Waals surface area (Å²) in [4.78, 5) is 27.9. The third-order valence-corrected chi connectivity index (χ3v) is 5.00. The van der Waals surface area contributed by atoms with Gasteiger partial charge in [-0.15, -0.1) is 11.3 Å². The van der Waals surface area contributed by atoms with Crippen molar-refractivity contribution in [1.29, 1.82) is 0 Å². The van der Waals surface area contributed by atoms with Gasteiger partial charge in [-0.1, -0.05) is 24.3 Å². The Morgan fingerprint density at radius 3 is 2.58 bits per heavy atom. The van der Waals surface area contributed by atoms with E-state index in [1.165, 1.54) is 23.5 Å². The number of rotatable bonds is 7. The maximum absolute atomic E-state index is 12.1. The van der Waals surface area contributed by atoms with Crippen molar-refractivity contribution < 1.29 is 19.8 Å². The number of para-hydroxylation sites is 1. The van der Waals surface area contributed by atoms with Gasteiger partial charge in [0, 0.05) is 12.8 Å². The number of phenolic OH excluding ortho intramolecular Hbond substituents is 1. The number of carboxylic acids is 1. The maximum Gasteiger partial charge on any atom is 0.220 e. The number of aliphatic carboxylic acids is 1. The van der Waals surface area contributed by atoms with Crippen LogP contribution in [-0.2, 0) is 22.4 Å². The molecule has 3 aromatic rings. The average molecular weight is 369 g/mol. The number of nitrogens with zero attached hydrogens (tertiary/aromatic N) is 1. The highest BCUT2D eigenvalue weighted by atomic mass is 32.1. The second-order valence-corrected chi connectivity index (χ2v) is 7.00. The van der Waals surface area contributed by atoms with Crippen LogP contribution in [0.4, 0.5) is 0 Å². The lowest BCUT2D eigenvalue weighted by Crippen LogP contribution is -2.49. The molecule has 0 aliphatic rings. The number of phenols is 1. The Labute approximate surface area is 154 Å². The lowest BCUT2D eigenvalue weighted by Gasteiger charge is -2.19. The highest BCUT2D eigenvalue weighted by Gasteiger charge is 2.15. The number of nitrogens with one attached hydrogen (secondary N) is 1. The van der Waals surface area contributed by atoms with Gasteiger partial charge < -0.3 is 20.3 Å². The van der Waals surface area contributed by atoms with Crippen LogP contribution in [0.2, 0.25) is 0 Å². The second-order valence-electron chi connectivity index (χ2n) is 5.89. The number of hydrogen-bond acceptors (Lipinski definition) is 6. The number of fused-ring (bicyclic) bond motifs is 1. The number of amides is 1. The molecule has 7 heteroatoms. The minimum Gasteiger partial charge on any atom is -0.548 e. The van der Waals surface area contributed by atoms with Crippen LogP contribution in [0, 0.1) is 0 Å². The van der Waals surface area contributed by atoms with Gasteiger partial charge in [0.15, 0.2) is 0 Å². The largest absolute Gasteiger partial charge is 0.548 e. The van der Waals surface area contributed by atoms with Crippen LogP contribution in [-0.4, -0.2) is 28.0 Å². The molecule has 3 rings (SSSR count). The molecular formula is C19H17N2O4S-. The van der Waals surface area contributed by atoms with Gasteiger partial charge in [0.05, 0.1) is 27.2 Å². The molecule has 0 saturated carbocycles. The van der Waals surface area contributed by atoms with Gasteiger partial charge >= 0.3 is 0 Å². The van der Waals surface area contributed by atoms with E-state index < -0.39 is 12.0 Å². The third kappa shape index (κ3) is 4.58. The van der Waals surface area contributed by atoms with Crippen molar-refractivity contribution >= 4 is 33.4 Å². The SMILES string of the molecule is O=C(CCc1nc2ccccc2s1)N[C@@H](Cc1ccc(O)cc1)C(=O)[O-]. The zero-order valence-electron chi connectivity index (χ0n) is 13.8. The van der Waals surface area contributed by atoms with E-state index in [4.69, 9.17) is 0 Å². The minimum absolute atomic E-state index is 0.0927. The van der Waals surface area contributed by atoms with Crippen LogP contribution in [0.1, 0.15) is 17.0 Å². The van der Waals surface area contributed by atoms with Crippen LogP contribution in [0.3, 0.4) is 0 Å². The summed E-state index contributed by atoms with van der Waals surface area (Å²) in [7, 11) is 0. The number of aromatic nitrogens is 1.